The minimum Gasteiger partial charge on any atom is -0.460 e. The van der Waals surface area contributed by atoms with Crippen molar-refractivity contribution in [2.45, 2.75) is 97.4 Å². The molecule has 3 amide bonds. The molecule has 1 fully saturated rings. The molecule has 0 saturated carbocycles. The molecule has 0 unspecified atom stereocenters. The highest BCUT2D eigenvalue weighted by Gasteiger charge is 2.35. The molecule has 1 saturated heterocycles. The fourth-order valence-electron chi connectivity index (χ4n) is 4.97. The van der Waals surface area contributed by atoms with Crippen LogP contribution in [0.15, 0.2) is 54.6 Å². The number of carbonyl (C=O) groups is 4. The van der Waals surface area contributed by atoms with E-state index >= 15 is 0 Å². The topological polar surface area (TPSA) is 114 Å². The number of nitrogens with one attached hydrogen (secondary N) is 3. The molecule has 2 aromatic rings. The number of carbonyl (C=O) groups excluding carboxylic acids is 4. The molecule has 0 aromatic heterocycles. The highest BCUT2D eigenvalue weighted by Crippen LogP contribution is 2.22. The highest BCUT2D eigenvalue weighted by atomic mass is 16.5. The van der Waals surface area contributed by atoms with Crippen LogP contribution in [0.2, 0.25) is 0 Å². The first-order valence-corrected chi connectivity index (χ1v) is 14.9. The van der Waals surface area contributed by atoms with Crippen molar-refractivity contribution < 1.29 is 23.9 Å². The van der Waals surface area contributed by atoms with Crippen molar-refractivity contribution in [2.75, 3.05) is 0 Å². The van der Waals surface area contributed by atoms with Crippen LogP contribution in [0.25, 0.3) is 11.1 Å². The average molecular weight is 564 g/mol. The molecular weight excluding hydrogens is 518 g/mol. The molecule has 1 heterocycles. The van der Waals surface area contributed by atoms with Crippen LogP contribution in [0.1, 0.15) is 72.3 Å². The van der Waals surface area contributed by atoms with Crippen LogP contribution in [-0.2, 0) is 30.3 Å². The molecular formula is C33H45N3O5. The summed E-state index contributed by atoms with van der Waals surface area (Å²) in [6.45, 7) is 9.42. The number of hydrogen-bond donors (Lipinski definition) is 3. The van der Waals surface area contributed by atoms with E-state index in [1.165, 1.54) is 0 Å². The summed E-state index contributed by atoms with van der Waals surface area (Å²) in [5, 5.41) is 8.39. The number of unbranched alkanes of at least 4 members (excludes halogenated alkanes) is 1. The van der Waals surface area contributed by atoms with Crippen molar-refractivity contribution in [2.24, 2.45) is 11.8 Å². The van der Waals surface area contributed by atoms with E-state index < -0.39 is 42.0 Å². The van der Waals surface area contributed by atoms with Crippen LogP contribution in [0.4, 0.5) is 0 Å². The van der Waals surface area contributed by atoms with Crippen molar-refractivity contribution in [1.82, 2.24) is 16.0 Å². The zero-order valence-corrected chi connectivity index (χ0v) is 24.9. The molecule has 41 heavy (non-hydrogen) atoms. The van der Waals surface area contributed by atoms with E-state index in [-0.39, 0.29) is 30.6 Å². The summed E-state index contributed by atoms with van der Waals surface area (Å²) < 4.78 is 5.93. The second-order valence-electron chi connectivity index (χ2n) is 11.3. The fraction of sp³-hybridized carbons (Fsp3) is 0.515. The van der Waals surface area contributed by atoms with Crippen LogP contribution in [0.3, 0.4) is 0 Å². The lowest BCUT2D eigenvalue weighted by Gasteiger charge is -2.29. The normalized spacial score (nSPS) is 23.9. The minimum atomic E-state index is -0.915. The van der Waals surface area contributed by atoms with E-state index in [1.807, 2.05) is 75.4 Å². The van der Waals surface area contributed by atoms with Crippen LogP contribution >= 0.6 is 0 Å². The quantitative estimate of drug-likeness (QED) is 0.387. The lowest BCUT2D eigenvalue weighted by Crippen LogP contribution is -2.55. The zero-order valence-electron chi connectivity index (χ0n) is 24.9. The van der Waals surface area contributed by atoms with E-state index in [0.717, 1.165) is 36.0 Å². The van der Waals surface area contributed by atoms with Crippen LogP contribution in [0.5, 0.6) is 0 Å². The predicted octanol–water partition coefficient (Wildman–Crippen LogP) is 4.56. The standard InChI is InChI=1S/C33H45N3O5/c1-6-8-12-22(4)28-20-29(37)35-27(19-24-15-17-26(18-16-24)25-13-10-9-11-14-25)32(39)34-23(5)31(38)36-30(21(3)7-2)33(40)41-28/h9-11,13-18,21-23,27-28,30H,6-8,12,19-20H2,1-5H3,(H,34,39)(H,35,37)(H,36,38)/t21-,22+,23+,27-,28+,30-/m1/s1. The highest BCUT2D eigenvalue weighted by molar-refractivity contribution is 5.94. The average Bonchev–Trinajstić information content (AvgIpc) is 2.97. The molecule has 2 aromatic carbocycles. The summed E-state index contributed by atoms with van der Waals surface area (Å²) in [6, 6.07) is 15.1. The smallest absolute Gasteiger partial charge is 0.329 e. The second-order valence-corrected chi connectivity index (χ2v) is 11.3. The van der Waals surface area contributed by atoms with Gasteiger partial charge < -0.3 is 20.7 Å². The van der Waals surface area contributed by atoms with Gasteiger partial charge in [0, 0.05) is 6.42 Å². The van der Waals surface area contributed by atoms with Crippen LogP contribution in [-0.4, -0.2) is 47.9 Å². The SMILES string of the molecule is CCCC[C@H](C)[C@@H]1CC(=O)N[C@H](Cc2ccc(-c3ccccc3)cc2)C(=O)N[C@@H](C)C(=O)N[C@H]([C@H](C)CC)C(=O)O1. The maximum atomic E-state index is 13.4. The van der Waals surface area contributed by atoms with Crippen molar-refractivity contribution >= 4 is 23.7 Å². The van der Waals surface area contributed by atoms with Gasteiger partial charge in [-0.05, 0) is 41.9 Å². The number of rotatable bonds is 9. The molecule has 222 valence electrons. The number of hydrogen-bond acceptors (Lipinski definition) is 5. The van der Waals surface area contributed by atoms with Gasteiger partial charge in [0.2, 0.25) is 17.7 Å². The van der Waals surface area contributed by atoms with Gasteiger partial charge in [0.15, 0.2) is 0 Å². The molecule has 6 atom stereocenters. The second kappa shape index (κ2) is 15.4. The van der Waals surface area contributed by atoms with Crippen molar-refractivity contribution in [1.29, 1.82) is 0 Å². The third-order valence-corrected chi connectivity index (χ3v) is 7.97. The van der Waals surface area contributed by atoms with Gasteiger partial charge in [-0.15, -0.1) is 0 Å². The monoisotopic (exact) mass is 563 g/mol. The van der Waals surface area contributed by atoms with E-state index in [1.54, 1.807) is 6.92 Å². The van der Waals surface area contributed by atoms with Gasteiger partial charge in [-0.3, -0.25) is 14.4 Å². The summed E-state index contributed by atoms with van der Waals surface area (Å²) in [4.78, 5) is 53.1. The molecule has 1 aliphatic rings. The number of amides is 3. The summed E-state index contributed by atoms with van der Waals surface area (Å²) in [6.07, 6.45) is 2.84. The summed E-state index contributed by atoms with van der Waals surface area (Å²) in [7, 11) is 0. The van der Waals surface area contributed by atoms with Gasteiger partial charge in [-0.1, -0.05) is 102 Å². The van der Waals surface area contributed by atoms with E-state index in [9.17, 15) is 19.2 Å². The first kappa shape index (κ1) is 31.8. The predicted molar refractivity (Wildman–Crippen MR) is 160 cm³/mol. The Kier molecular flexibility index (Phi) is 11.9. The van der Waals surface area contributed by atoms with Gasteiger partial charge >= 0.3 is 5.97 Å². The number of cyclic esters (lactones) is 1. The van der Waals surface area contributed by atoms with Gasteiger partial charge in [0.05, 0.1) is 6.42 Å². The van der Waals surface area contributed by atoms with Crippen molar-refractivity contribution in [3.63, 3.8) is 0 Å². The lowest BCUT2D eigenvalue weighted by molar-refractivity contribution is -0.158. The Hall–Kier alpha value is -3.68. The van der Waals surface area contributed by atoms with E-state index in [2.05, 4.69) is 22.9 Å². The third kappa shape index (κ3) is 9.17. The molecule has 8 heteroatoms. The Bertz CT molecular complexity index is 1170. The van der Waals surface area contributed by atoms with Crippen LogP contribution < -0.4 is 16.0 Å². The maximum absolute atomic E-state index is 13.4. The summed E-state index contributed by atoms with van der Waals surface area (Å²) in [5.41, 5.74) is 2.99. The third-order valence-electron chi connectivity index (χ3n) is 7.97. The minimum absolute atomic E-state index is 0.0654. The fourth-order valence-corrected chi connectivity index (χ4v) is 4.97. The molecule has 0 radical (unpaired) electrons. The summed E-state index contributed by atoms with van der Waals surface area (Å²) in [5.74, 6) is -2.13. The molecule has 3 rings (SSSR count). The Morgan fingerprint density at radius 3 is 2.12 bits per heavy atom. The summed E-state index contributed by atoms with van der Waals surface area (Å²) >= 11 is 0. The molecule has 3 N–H and O–H groups in total. The van der Waals surface area contributed by atoms with Gasteiger partial charge in [-0.2, -0.15) is 0 Å². The lowest BCUT2D eigenvalue weighted by atomic mass is 9.94. The van der Waals surface area contributed by atoms with Crippen molar-refractivity contribution in [3.8, 4) is 11.1 Å². The first-order chi connectivity index (χ1) is 19.6. The Morgan fingerprint density at radius 2 is 1.49 bits per heavy atom. The Labute approximate surface area is 244 Å². The zero-order chi connectivity index (χ0) is 29.9. The Morgan fingerprint density at radius 1 is 0.829 bits per heavy atom. The first-order valence-electron chi connectivity index (χ1n) is 14.9. The molecule has 0 spiro atoms. The number of benzene rings is 2. The number of esters is 1. The van der Waals surface area contributed by atoms with Crippen LogP contribution in [0, 0.1) is 11.8 Å². The molecule has 0 bridgehead atoms. The number of ether oxygens (including phenoxy) is 1. The molecule has 8 nitrogen and oxygen atoms in total. The van der Waals surface area contributed by atoms with Gasteiger partial charge in [-0.25, -0.2) is 4.79 Å². The van der Waals surface area contributed by atoms with E-state index in [4.69, 9.17) is 4.74 Å². The van der Waals surface area contributed by atoms with Gasteiger partial charge in [0.1, 0.15) is 24.2 Å². The maximum Gasteiger partial charge on any atom is 0.329 e. The largest absolute Gasteiger partial charge is 0.460 e. The van der Waals surface area contributed by atoms with E-state index in [0.29, 0.717) is 6.42 Å². The van der Waals surface area contributed by atoms with Gasteiger partial charge in [0.25, 0.3) is 0 Å². The van der Waals surface area contributed by atoms with Crippen molar-refractivity contribution in [3.05, 3.63) is 60.2 Å². The molecule has 0 aliphatic carbocycles. The molecule has 1 aliphatic heterocycles. The Balaban J connectivity index is 1.87.